The number of halogens is 2. The van der Waals surface area contributed by atoms with Gasteiger partial charge in [0, 0.05) is 18.1 Å². The fraction of sp³-hybridized carbons (Fsp3) is 0.333. The van der Waals surface area contributed by atoms with Crippen LogP contribution in [0.15, 0.2) is 35.3 Å². The zero-order valence-electron chi connectivity index (χ0n) is 9.17. The van der Waals surface area contributed by atoms with Gasteiger partial charge in [-0.25, -0.2) is 0 Å². The molecule has 0 aliphatic carbocycles. The molecular formula is C12H15BrClNO. The molecule has 0 spiro atoms. The van der Waals surface area contributed by atoms with Gasteiger partial charge in [-0.2, -0.15) is 0 Å². The maximum atomic E-state index is 5.85. The number of rotatable bonds is 6. The van der Waals surface area contributed by atoms with Gasteiger partial charge in [-0.05, 0) is 41.1 Å². The standard InChI is InChI=1S/C12H15BrClNO/c1-3-6-15-8-9(2)16-12-5-4-10(14)7-11(12)13/h3-5,7,9,15H,1,6,8H2,2H3. The maximum Gasteiger partial charge on any atom is 0.134 e. The molecule has 0 radical (unpaired) electrons. The summed E-state index contributed by atoms with van der Waals surface area (Å²) in [7, 11) is 0. The van der Waals surface area contributed by atoms with Crippen LogP contribution in [0.3, 0.4) is 0 Å². The van der Waals surface area contributed by atoms with E-state index in [2.05, 4.69) is 27.8 Å². The molecule has 88 valence electrons. The van der Waals surface area contributed by atoms with Gasteiger partial charge in [0.2, 0.25) is 0 Å². The van der Waals surface area contributed by atoms with Crippen molar-refractivity contribution in [2.24, 2.45) is 0 Å². The Kier molecular flexibility index (Phi) is 5.88. The van der Waals surface area contributed by atoms with Crippen molar-refractivity contribution >= 4 is 27.5 Å². The van der Waals surface area contributed by atoms with Gasteiger partial charge in [-0.1, -0.05) is 17.7 Å². The van der Waals surface area contributed by atoms with Gasteiger partial charge in [-0.15, -0.1) is 6.58 Å². The highest BCUT2D eigenvalue weighted by atomic mass is 79.9. The number of benzene rings is 1. The van der Waals surface area contributed by atoms with E-state index in [1.165, 1.54) is 0 Å². The summed E-state index contributed by atoms with van der Waals surface area (Å²) >= 11 is 9.26. The third-order valence-electron chi connectivity index (χ3n) is 1.94. The molecule has 16 heavy (non-hydrogen) atoms. The van der Waals surface area contributed by atoms with Crippen LogP contribution in [-0.4, -0.2) is 19.2 Å². The van der Waals surface area contributed by atoms with Crippen molar-refractivity contribution < 1.29 is 4.74 Å². The Morgan fingerprint density at radius 3 is 3.00 bits per heavy atom. The monoisotopic (exact) mass is 303 g/mol. The lowest BCUT2D eigenvalue weighted by molar-refractivity contribution is 0.217. The number of nitrogens with one attached hydrogen (secondary N) is 1. The molecule has 0 aliphatic rings. The summed E-state index contributed by atoms with van der Waals surface area (Å²) in [6, 6.07) is 5.49. The minimum absolute atomic E-state index is 0.0948. The Morgan fingerprint density at radius 2 is 2.38 bits per heavy atom. The van der Waals surface area contributed by atoms with E-state index in [4.69, 9.17) is 16.3 Å². The van der Waals surface area contributed by atoms with E-state index in [0.29, 0.717) is 5.02 Å². The Bertz CT molecular complexity index is 357. The zero-order valence-corrected chi connectivity index (χ0v) is 11.5. The molecule has 1 atom stereocenters. The molecule has 1 N–H and O–H groups in total. The normalized spacial score (nSPS) is 12.2. The lowest BCUT2D eigenvalue weighted by atomic mass is 10.3. The number of hydrogen-bond donors (Lipinski definition) is 1. The van der Waals surface area contributed by atoms with Crippen LogP contribution in [0, 0.1) is 0 Å². The predicted molar refractivity (Wildman–Crippen MR) is 72.3 cm³/mol. The predicted octanol–water partition coefficient (Wildman–Crippen LogP) is 3.65. The Balaban J connectivity index is 2.49. The molecule has 0 bridgehead atoms. The Hall–Kier alpha value is -0.510. The lowest BCUT2D eigenvalue weighted by Crippen LogP contribution is -2.29. The second-order valence-electron chi connectivity index (χ2n) is 3.45. The molecule has 0 aliphatic heterocycles. The van der Waals surface area contributed by atoms with Crippen LogP contribution >= 0.6 is 27.5 Å². The first kappa shape index (κ1) is 13.6. The third-order valence-corrected chi connectivity index (χ3v) is 2.80. The first-order valence-electron chi connectivity index (χ1n) is 5.07. The van der Waals surface area contributed by atoms with E-state index in [-0.39, 0.29) is 6.10 Å². The van der Waals surface area contributed by atoms with Gasteiger partial charge < -0.3 is 10.1 Å². The average molecular weight is 305 g/mol. The van der Waals surface area contributed by atoms with Gasteiger partial charge in [0.1, 0.15) is 11.9 Å². The molecule has 0 fully saturated rings. The molecule has 0 saturated carbocycles. The van der Waals surface area contributed by atoms with Crippen molar-refractivity contribution in [1.82, 2.24) is 5.32 Å². The summed E-state index contributed by atoms with van der Waals surface area (Å²) in [6.45, 7) is 7.22. The summed E-state index contributed by atoms with van der Waals surface area (Å²) in [5.41, 5.74) is 0. The fourth-order valence-electron chi connectivity index (χ4n) is 1.22. The van der Waals surface area contributed by atoms with Crippen molar-refractivity contribution in [3.05, 3.63) is 40.3 Å². The second-order valence-corrected chi connectivity index (χ2v) is 4.74. The minimum atomic E-state index is 0.0948. The molecule has 2 nitrogen and oxygen atoms in total. The van der Waals surface area contributed by atoms with E-state index < -0.39 is 0 Å². The fourth-order valence-corrected chi connectivity index (χ4v) is 1.99. The van der Waals surface area contributed by atoms with Crippen LogP contribution in [0.1, 0.15) is 6.92 Å². The van der Waals surface area contributed by atoms with Gasteiger partial charge in [0.15, 0.2) is 0 Å². The molecule has 1 aromatic rings. The quantitative estimate of drug-likeness (QED) is 0.640. The highest BCUT2D eigenvalue weighted by Gasteiger charge is 2.06. The summed E-state index contributed by atoms with van der Waals surface area (Å²) in [5, 5.41) is 3.89. The van der Waals surface area contributed by atoms with E-state index in [0.717, 1.165) is 23.3 Å². The van der Waals surface area contributed by atoms with Crippen LogP contribution in [0.5, 0.6) is 5.75 Å². The molecule has 0 aromatic heterocycles. The Labute approximate surface area is 110 Å². The number of ether oxygens (including phenoxy) is 1. The minimum Gasteiger partial charge on any atom is -0.488 e. The first-order chi connectivity index (χ1) is 7.63. The SMILES string of the molecule is C=CCNCC(C)Oc1ccc(Cl)cc1Br. The van der Waals surface area contributed by atoms with E-state index in [1.807, 2.05) is 31.2 Å². The summed E-state index contributed by atoms with van der Waals surface area (Å²) < 4.78 is 6.62. The van der Waals surface area contributed by atoms with Gasteiger partial charge >= 0.3 is 0 Å². The van der Waals surface area contributed by atoms with Gasteiger partial charge in [0.25, 0.3) is 0 Å². The molecular weight excluding hydrogens is 289 g/mol. The molecule has 0 heterocycles. The van der Waals surface area contributed by atoms with E-state index in [1.54, 1.807) is 0 Å². The van der Waals surface area contributed by atoms with E-state index >= 15 is 0 Å². The summed E-state index contributed by atoms with van der Waals surface area (Å²) in [4.78, 5) is 0. The van der Waals surface area contributed by atoms with Crippen LogP contribution in [-0.2, 0) is 0 Å². The smallest absolute Gasteiger partial charge is 0.134 e. The van der Waals surface area contributed by atoms with Crippen LogP contribution in [0.25, 0.3) is 0 Å². The highest BCUT2D eigenvalue weighted by Crippen LogP contribution is 2.28. The Morgan fingerprint density at radius 1 is 1.62 bits per heavy atom. The largest absolute Gasteiger partial charge is 0.488 e. The molecule has 1 rings (SSSR count). The van der Waals surface area contributed by atoms with Gasteiger partial charge in [0.05, 0.1) is 4.47 Å². The molecule has 1 aromatic carbocycles. The molecule has 4 heteroatoms. The lowest BCUT2D eigenvalue weighted by Gasteiger charge is -2.16. The topological polar surface area (TPSA) is 21.3 Å². The first-order valence-corrected chi connectivity index (χ1v) is 6.24. The summed E-state index contributed by atoms with van der Waals surface area (Å²) in [6.07, 6.45) is 1.92. The second kappa shape index (κ2) is 6.94. The van der Waals surface area contributed by atoms with E-state index in [9.17, 15) is 0 Å². The number of hydrogen-bond acceptors (Lipinski definition) is 2. The van der Waals surface area contributed by atoms with Gasteiger partial charge in [-0.3, -0.25) is 0 Å². The maximum absolute atomic E-state index is 5.85. The van der Waals surface area contributed by atoms with Crippen molar-refractivity contribution in [2.45, 2.75) is 13.0 Å². The zero-order chi connectivity index (χ0) is 12.0. The van der Waals surface area contributed by atoms with Crippen molar-refractivity contribution in [3.8, 4) is 5.75 Å². The van der Waals surface area contributed by atoms with Crippen LogP contribution in [0.2, 0.25) is 5.02 Å². The van der Waals surface area contributed by atoms with Crippen LogP contribution in [0.4, 0.5) is 0 Å². The third kappa shape index (κ3) is 4.56. The van der Waals surface area contributed by atoms with Crippen molar-refractivity contribution in [2.75, 3.05) is 13.1 Å². The average Bonchev–Trinajstić information content (AvgIpc) is 2.23. The van der Waals surface area contributed by atoms with Crippen molar-refractivity contribution in [1.29, 1.82) is 0 Å². The van der Waals surface area contributed by atoms with Crippen LogP contribution < -0.4 is 10.1 Å². The molecule has 1 unspecified atom stereocenters. The molecule has 0 amide bonds. The molecule has 0 saturated heterocycles. The highest BCUT2D eigenvalue weighted by molar-refractivity contribution is 9.10. The summed E-state index contributed by atoms with van der Waals surface area (Å²) in [5.74, 6) is 0.803. The van der Waals surface area contributed by atoms with Crippen molar-refractivity contribution in [3.63, 3.8) is 0 Å².